The number of sulfonamides is 1. The van der Waals surface area contributed by atoms with Crippen LogP contribution in [0.1, 0.15) is 12.0 Å². The van der Waals surface area contributed by atoms with Crippen molar-refractivity contribution in [1.29, 1.82) is 0 Å². The monoisotopic (exact) mass is 334 g/mol. The number of rotatable bonds is 6. The van der Waals surface area contributed by atoms with Gasteiger partial charge >= 0.3 is 0 Å². The van der Waals surface area contributed by atoms with Crippen LogP contribution in [0.4, 0.5) is 0 Å². The smallest absolute Gasteiger partial charge is 0.240 e. The van der Waals surface area contributed by atoms with E-state index in [0.29, 0.717) is 11.4 Å². The third kappa shape index (κ3) is 4.68. The molecular formula is C12H19BrN2O2S. The molecular weight excluding hydrogens is 316 g/mol. The van der Waals surface area contributed by atoms with E-state index in [2.05, 4.69) is 20.7 Å². The Morgan fingerprint density at radius 3 is 2.61 bits per heavy atom. The third-order valence-corrected chi connectivity index (χ3v) is 4.61. The first-order valence-electron chi connectivity index (χ1n) is 5.73. The van der Waals surface area contributed by atoms with Crippen LogP contribution in [-0.2, 0) is 10.0 Å². The van der Waals surface area contributed by atoms with E-state index >= 15 is 0 Å². The van der Waals surface area contributed by atoms with Crippen molar-refractivity contribution >= 4 is 26.0 Å². The van der Waals surface area contributed by atoms with E-state index in [1.807, 2.05) is 25.1 Å². The first kappa shape index (κ1) is 15.6. The summed E-state index contributed by atoms with van der Waals surface area (Å²) in [6, 6.07) is 5.25. The highest BCUT2D eigenvalue weighted by Gasteiger charge is 2.16. The van der Waals surface area contributed by atoms with Crippen molar-refractivity contribution in [1.82, 2.24) is 9.62 Å². The maximum atomic E-state index is 12.1. The highest BCUT2D eigenvalue weighted by Crippen LogP contribution is 2.20. The molecule has 102 valence electrons. The minimum atomic E-state index is -3.41. The second-order valence-corrected chi connectivity index (χ2v) is 7.12. The minimum absolute atomic E-state index is 0.335. The first-order chi connectivity index (χ1) is 8.33. The molecule has 1 aromatic rings. The van der Waals surface area contributed by atoms with Gasteiger partial charge in [-0.15, -0.1) is 0 Å². The van der Waals surface area contributed by atoms with Gasteiger partial charge in [-0.3, -0.25) is 0 Å². The standard InChI is InChI=1S/C12H19BrN2O2S/c1-10-5-6-11(13)9-12(10)18(16,17)14-7-4-8-15(2)3/h5-6,9,14H,4,7-8H2,1-3H3. The molecule has 0 radical (unpaired) electrons. The molecule has 18 heavy (non-hydrogen) atoms. The number of nitrogens with zero attached hydrogens (tertiary/aromatic N) is 1. The van der Waals surface area contributed by atoms with E-state index in [4.69, 9.17) is 0 Å². The molecule has 0 bridgehead atoms. The van der Waals surface area contributed by atoms with Crippen LogP contribution in [-0.4, -0.2) is 40.5 Å². The molecule has 1 N–H and O–H groups in total. The molecule has 0 unspecified atom stereocenters. The average Bonchev–Trinajstić information content (AvgIpc) is 2.27. The molecule has 4 nitrogen and oxygen atoms in total. The van der Waals surface area contributed by atoms with Gasteiger partial charge < -0.3 is 4.90 Å². The molecule has 1 rings (SSSR count). The second kappa shape index (κ2) is 6.65. The fourth-order valence-corrected chi connectivity index (χ4v) is 3.40. The van der Waals surface area contributed by atoms with Gasteiger partial charge in [0.05, 0.1) is 4.90 Å². The fraction of sp³-hybridized carbons (Fsp3) is 0.500. The molecule has 1 aromatic carbocycles. The molecule has 0 aliphatic carbocycles. The van der Waals surface area contributed by atoms with Crippen molar-refractivity contribution < 1.29 is 8.42 Å². The van der Waals surface area contributed by atoms with Gasteiger partial charge in [-0.05, 0) is 51.7 Å². The maximum Gasteiger partial charge on any atom is 0.240 e. The van der Waals surface area contributed by atoms with Gasteiger partial charge in [0.25, 0.3) is 0 Å². The Labute approximate surface area is 118 Å². The van der Waals surface area contributed by atoms with Crippen LogP contribution in [0.3, 0.4) is 0 Å². The van der Waals surface area contributed by atoms with Crippen LogP contribution in [0, 0.1) is 6.92 Å². The van der Waals surface area contributed by atoms with Gasteiger partial charge in [-0.2, -0.15) is 0 Å². The SMILES string of the molecule is Cc1ccc(Br)cc1S(=O)(=O)NCCCN(C)C. The molecule has 0 heterocycles. The zero-order valence-electron chi connectivity index (χ0n) is 10.9. The van der Waals surface area contributed by atoms with Crippen molar-refractivity contribution in [2.45, 2.75) is 18.2 Å². The number of halogens is 1. The molecule has 0 spiro atoms. The summed E-state index contributed by atoms with van der Waals surface area (Å²) in [5.74, 6) is 0. The van der Waals surface area contributed by atoms with Gasteiger partial charge in [-0.25, -0.2) is 13.1 Å². The third-order valence-electron chi connectivity index (χ3n) is 2.51. The van der Waals surface area contributed by atoms with Gasteiger partial charge in [0, 0.05) is 11.0 Å². The molecule has 0 saturated carbocycles. The lowest BCUT2D eigenvalue weighted by molar-refractivity contribution is 0.400. The van der Waals surface area contributed by atoms with E-state index in [1.54, 1.807) is 19.1 Å². The lowest BCUT2D eigenvalue weighted by atomic mass is 10.2. The van der Waals surface area contributed by atoms with Gasteiger partial charge in [0.1, 0.15) is 0 Å². The summed E-state index contributed by atoms with van der Waals surface area (Å²) < 4.78 is 27.6. The summed E-state index contributed by atoms with van der Waals surface area (Å²) >= 11 is 3.29. The van der Waals surface area contributed by atoms with E-state index in [-0.39, 0.29) is 0 Å². The van der Waals surface area contributed by atoms with Crippen LogP contribution in [0.15, 0.2) is 27.6 Å². The zero-order valence-corrected chi connectivity index (χ0v) is 13.3. The number of hydrogen-bond acceptors (Lipinski definition) is 3. The molecule has 0 fully saturated rings. The van der Waals surface area contributed by atoms with Crippen molar-refractivity contribution in [2.75, 3.05) is 27.2 Å². The highest BCUT2D eigenvalue weighted by atomic mass is 79.9. The number of benzene rings is 1. The van der Waals surface area contributed by atoms with Crippen LogP contribution < -0.4 is 4.72 Å². The van der Waals surface area contributed by atoms with E-state index in [9.17, 15) is 8.42 Å². The Morgan fingerprint density at radius 1 is 1.33 bits per heavy atom. The Kier molecular flexibility index (Phi) is 5.78. The number of aryl methyl sites for hydroxylation is 1. The fourth-order valence-electron chi connectivity index (χ4n) is 1.54. The maximum absolute atomic E-state index is 12.1. The Morgan fingerprint density at radius 2 is 2.00 bits per heavy atom. The van der Waals surface area contributed by atoms with Crippen LogP contribution in [0.25, 0.3) is 0 Å². The normalized spacial score (nSPS) is 12.1. The predicted octanol–water partition coefficient (Wildman–Crippen LogP) is 1.99. The van der Waals surface area contributed by atoms with Crippen molar-refractivity contribution in [3.63, 3.8) is 0 Å². The topological polar surface area (TPSA) is 49.4 Å². The molecule has 0 saturated heterocycles. The molecule has 0 atom stereocenters. The summed E-state index contributed by atoms with van der Waals surface area (Å²) in [5.41, 5.74) is 0.748. The van der Waals surface area contributed by atoms with Crippen LogP contribution in [0.5, 0.6) is 0 Å². The molecule has 0 aliphatic heterocycles. The molecule has 6 heteroatoms. The average molecular weight is 335 g/mol. The summed E-state index contributed by atoms with van der Waals surface area (Å²) in [5, 5.41) is 0. The summed E-state index contributed by atoms with van der Waals surface area (Å²) in [7, 11) is 0.521. The first-order valence-corrected chi connectivity index (χ1v) is 8.01. The summed E-state index contributed by atoms with van der Waals surface area (Å²) in [6.07, 6.45) is 0.791. The molecule has 0 amide bonds. The number of hydrogen-bond donors (Lipinski definition) is 1. The van der Waals surface area contributed by atoms with Crippen LogP contribution in [0.2, 0.25) is 0 Å². The second-order valence-electron chi connectivity index (χ2n) is 4.46. The summed E-state index contributed by atoms with van der Waals surface area (Å²) in [4.78, 5) is 2.36. The molecule has 0 aliphatic rings. The van der Waals surface area contributed by atoms with Crippen molar-refractivity contribution in [3.05, 3.63) is 28.2 Å². The van der Waals surface area contributed by atoms with Crippen molar-refractivity contribution in [3.8, 4) is 0 Å². The lowest BCUT2D eigenvalue weighted by Crippen LogP contribution is -2.27. The summed E-state index contributed by atoms with van der Waals surface area (Å²) in [6.45, 7) is 3.10. The Balaban J connectivity index is 2.71. The van der Waals surface area contributed by atoms with E-state index in [0.717, 1.165) is 23.0 Å². The Bertz CT molecular complexity index is 501. The largest absolute Gasteiger partial charge is 0.309 e. The minimum Gasteiger partial charge on any atom is -0.309 e. The number of nitrogens with one attached hydrogen (secondary N) is 1. The van der Waals surface area contributed by atoms with Crippen LogP contribution >= 0.6 is 15.9 Å². The van der Waals surface area contributed by atoms with Gasteiger partial charge in [-0.1, -0.05) is 22.0 Å². The highest BCUT2D eigenvalue weighted by molar-refractivity contribution is 9.10. The van der Waals surface area contributed by atoms with E-state index < -0.39 is 10.0 Å². The Hall–Kier alpha value is -0.430. The molecule has 0 aromatic heterocycles. The quantitative estimate of drug-likeness (QED) is 0.809. The zero-order chi connectivity index (χ0) is 13.8. The van der Waals surface area contributed by atoms with E-state index in [1.165, 1.54) is 0 Å². The van der Waals surface area contributed by atoms with Crippen molar-refractivity contribution in [2.24, 2.45) is 0 Å². The predicted molar refractivity (Wildman–Crippen MR) is 77.2 cm³/mol. The van der Waals surface area contributed by atoms with Gasteiger partial charge in [0.15, 0.2) is 0 Å². The van der Waals surface area contributed by atoms with Gasteiger partial charge in [0.2, 0.25) is 10.0 Å². The lowest BCUT2D eigenvalue weighted by Gasteiger charge is -2.11.